The van der Waals surface area contributed by atoms with Crippen LogP contribution in [0.2, 0.25) is 0 Å². The van der Waals surface area contributed by atoms with Crippen LogP contribution in [0.5, 0.6) is 0 Å². The first-order chi connectivity index (χ1) is 11.3. The van der Waals surface area contributed by atoms with E-state index in [9.17, 15) is 4.39 Å². The summed E-state index contributed by atoms with van der Waals surface area (Å²) < 4.78 is 21.0. The maximum atomic E-state index is 13.9. The van der Waals surface area contributed by atoms with Crippen molar-refractivity contribution >= 4 is 17.0 Å². The number of nitrogens with zero attached hydrogens (tertiary/aromatic N) is 4. The monoisotopic (exact) mass is 310 g/mol. The lowest BCUT2D eigenvalue weighted by molar-refractivity contribution is 0.122. The van der Waals surface area contributed by atoms with Gasteiger partial charge in [0, 0.05) is 30.8 Å². The number of halogens is 1. The molecule has 6 heteroatoms. The summed E-state index contributed by atoms with van der Waals surface area (Å²) in [6.07, 6.45) is 9.43. The fourth-order valence-electron chi connectivity index (χ4n) is 2.71. The van der Waals surface area contributed by atoms with Crippen molar-refractivity contribution in [1.82, 2.24) is 14.6 Å². The van der Waals surface area contributed by atoms with Gasteiger partial charge in [-0.3, -0.25) is 0 Å². The van der Waals surface area contributed by atoms with Gasteiger partial charge in [-0.2, -0.15) is 19.0 Å². The van der Waals surface area contributed by atoms with E-state index in [2.05, 4.69) is 20.7 Å². The van der Waals surface area contributed by atoms with E-state index in [0.717, 1.165) is 11.3 Å². The zero-order valence-electron chi connectivity index (χ0n) is 12.4. The average molecular weight is 310 g/mol. The third kappa shape index (κ3) is 2.70. The Bertz CT molecular complexity index is 868. The number of allylic oxidation sites excluding steroid dienone is 5. The Morgan fingerprint density at radius 1 is 1.17 bits per heavy atom. The highest BCUT2D eigenvalue weighted by Crippen LogP contribution is 2.23. The second-order valence-electron chi connectivity index (χ2n) is 5.32. The molecule has 1 aliphatic carbocycles. The second kappa shape index (κ2) is 5.83. The van der Waals surface area contributed by atoms with E-state index in [4.69, 9.17) is 4.74 Å². The molecule has 0 atom stereocenters. The van der Waals surface area contributed by atoms with E-state index in [1.54, 1.807) is 10.6 Å². The van der Waals surface area contributed by atoms with E-state index in [1.165, 1.54) is 6.07 Å². The zero-order chi connectivity index (χ0) is 15.6. The Balaban J connectivity index is 1.81. The molecule has 2 aromatic heterocycles. The maximum Gasteiger partial charge on any atom is 0.218 e. The molecule has 1 fully saturated rings. The molecule has 2 aliphatic rings. The molecule has 0 bridgehead atoms. The van der Waals surface area contributed by atoms with Crippen LogP contribution in [-0.4, -0.2) is 40.9 Å². The lowest BCUT2D eigenvalue weighted by Gasteiger charge is -2.28. The fourth-order valence-corrected chi connectivity index (χ4v) is 2.71. The molecule has 23 heavy (non-hydrogen) atoms. The van der Waals surface area contributed by atoms with Crippen LogP contribution in [0.1, 0.15) is 5.69 Å². The number of ether oxygens (including phenoxy) is 1. The van der Waals surface area contributed by atoms with Crippen LogP contribution in [-0.2, 0) is 4.74 Å². The van der Waals surface area contributed by atoms with Crippen LogP contribution >= 0.6 is 0 Å². The van der Waals surface area contributed by atoms with Gasteiger partial charge in [-0.05, 0) is 18.2 Å². The van der Waals surface area contributed by atoms with Crippen molar-refractivity contribution < 1.29 is 9.13 Å². The van der Waals surface area contributed by atoms with Crippen LogP contribution in [0.25, 0.3) is 11.2 Å². The van der Waals surface area contributed by atoms with Crippen LogP contribution < -0.4 is 4.90 Å². The van der Waals surface area contributed by atoms with E-state index in [0.29, 0.717) is 37.8 Å². The summed E-state index contributed by atoms with van der Waals surface area (Å²) in [6.45, 7) is 2.68. The summed E-state index contributed by atoms with van der Waals surface area (Å²) in [4.78, 5) is 6.03. The van der Waals surface area contributed by atoms with Gasteiger partial charge < -0.3 is 9.64 Å². The Kier molecular flexibility index (Phi) is 3.54. The molecular formula is C17H15FN4O. The van der Waals surface area contributed by atoms with Gasteiger partial charge in [-0.1, -0.05) is 12.2 Å². The Labute approximate surface area is 132 Å². The van der Waals surface area contributed by atoms with E-state index in [-0.39, 0.29) is 0 Å². The highest BCUT2D eigenvalue weighted by atomic mass is 19.1. The van der Waals surface area contributed by atoms with Crippen molar-refractivity contribution in [2.45, 2.75) is 0 Å². The quantitative estimate of drug-likeness (QED) is 0.631. The van der Waals surface area contributed by atoms with Gasteiger partial charge in [-0.15, -0.1) is 5.73 Å². The predicted molar refractivity (Wildman–Crippen MR) is 85.7 cm³/mol. The minimum atomic E-state index is -0.502. The molecule has 4 rings (SSSR count). The van der Waals surface area contributed by atoms with E-state index < -0.39 is 5.95 Å². The largest absolute Gasteiger partial charge is 0.378 e. The molecule has 0 aromatic carbocycles. The Hall–Kier alpha value is -2.69. The first kappa shape index (κ1) is 13.9. The van der Waals surface area contributed by atoms with E-state index >= 15 is 0 Å². The third-order valence-electron chi connectivity index (χ3n) is 3.84. The SMILES string of the molecule is Fc1cc(N2CCOCC2)n2nc(C3=CC=C=CC=C3)cc2n1. The molecule has 1 saturated heterocycles. The molecule has 2 aromatic rings. The second-order valence-corrected chi connectivity index (χ2v) is 5.32. The Morgan fingerprint density at radius 3 is 2.91 bits per heavy atom. The number of hydrogen-bond donors (Lipinski definition) is 0. The molecule has 0 unspecified atom stereocenters. The van der Waals surface area contributed by atoms with Gasteiger partial charge in [0.1, 0.15) is 5.82 Å². The van der Waals surface area contributed by atoms with Gasteiger partial charge >= 0.3 is 0 Å². The summed E-state index contributed by atoms with van der Waals surface area (Å²) in [5.74, 6) is 0.200. The van der Waals surface area contributed by atoms with Crippen molar-refractivity contribution in [3.63, 3.8) is 0 Å². The normalized spacial score (nSPS) is 17.6. The highest BCUT2D eigenvalue weighted by molar-refractivity contribution is 5.76. The number of aromatic nitrogens is 3. The number of morpholine rings is 1. The highest BCUT2D eigenvalue weighted by Gasteiger charge is 2.18. The maximum absolute atomic E-state index is 13.9. The number of rotatable bonds is 2. The van der Waals surface area contributed by atoms with Crippen molar-refractivity contribution in [2.75, 3.05) is 31.2 Å². The van der Waals surface area contributed by atoms with Crippen LogP contribution in [0.3, 0.4) is 0 Å². The standard InChI is InChI=1S/C17H15FN4O/c18-15-12-17(21-7-9-23-10-8-21)22-16(19-15)11-14(20-22)13-5-3-1-2-4-6-13/h1,3-6,11-12H,7-10H2. The van der Waals surface area contributed by atoms with Crippen molar-refractivity contribution in [3.8, 4) is 0 Å². The molecule has 5 nitrogen and oxygen atoms in total. The van der Waals surface area contributed by atoms with Gasteiger partial charge in [-0.25, -0.2) is 0 Å². The lowest BCUT2D eigenvalue weighted by Crippen LogP contribution is -2.37. The molecule has 3 heterocycles. The molecular weight excluding hydrogens is 295 g/mol. The van der Waals surface area contributed by atoms with Crippen LogP contribution in [0.4, 0.5) is 10.2 Å². The van der Waals surface area contributed by atoms with Crippen molar-refractivity contribution in [3.05, 3.63) is 59.9 Å². The molecule has 0 saturated carbocycles. The summed E-state index contributed by atoms with van der Waals surface area (Å²) in [6, 6.07) is 3.22. The van der Waals surface area contributed by atoms with Gasteiger partial charge in [0.25, 0.3) is 0 Å². The average Bonchev–Trinajstić information content (AvgIpc) is 2.81. The summed E-state index contributed by atoms with van der Waals surface area (Å²) in [5, 5.41) is 4.62. The molecule has 1 aliphatic heterocycles. The van der Waals surface area contributed by atoms with E-state index in [1.807, 2.05) is 30.4 Å². The first-order valence-corrected chi connectivity index (χ1v) is 7.50. The molecule has 0 amide bonds. The fraction of sp³-hybridized carbons (Fsp3) is 0.235. The molecule has 0 spiro atoms. The minimum Gasteiger partial charge on any atom is -0.378 e. The molecule has 116 valence electrons. The Morgan fingerprint density at radius 2 is 2.04 bits per heavy atom. The minimum absolute atomic E-state index is 0.497. The molecule has 0 radical (unpaired) electrons. The lowest BCUT2D eigenvalue weighted by atomic mass is 10.1. The topological polar surface area (TPSA) is 42.7 Å². The number of hydrogen-bond acceptors (Lipinski definition) is 4. The van der Waals surface area contributed by atoms with Gasteiger partial charge in [0.2, 0.25) is 5.95 Å². The number of fused-ring (bicyclic) bond motifs is 1. The smallest absolute Gasteiger partial charge is 0.218 e. The zero-order valence-corrected chi connectivity index (χ0v) is 12.4. The number of anilines is 1. The molecule has 0 N–H and O–H groups in total. The van der Waals surface area contributed by atoms with Crippen molar-refractivity contribution in [1.29, 1.82) is 0 Å². The first-order valence-electron chi connectivity index (χ1n) is 7.50. The summed E-state index contributed by atoms with van der Waals surface area (Å²) in [5.41, 5.74) is 5.19. The van der Waals surface area contributed by atoms with Gasteiger partial charge in [0.05, 0.1) is 18.9 Å². The van der Waals surface area contributed by atoms with Crippen LogP contribution in [0, 0.1) is 5.95 Å². The summed E-state index contributed by atoms with van der Waals surface area (Å²) in [7, 11) is 0. The van der Waals surface area contributed by atoms with Crippen molar-refractivity contribution in [2.24, 2.45) is 0 Å². The summed E-state index contributed by atoms with van der Waals surface area (Å²) >= 11 is 0. The third-order valence-corrected chi connectivity index (χ3v) is 3.84. The van der Waals surface area contributed by atoms with Crippen LogP contribution in [0.15, 0.2) is 48.2 Å². The predicted octanol–water partition coefficient (Wildman–Crippen LogP) is 2.37. The van der Waals surface area contributed by atoms with Gasteiger partial charge in [0.15, 0.2) is 5.65 Å².